The van der Waals surface area contributed by atoms with Crippen LogP contribution in [0.2, 0.25) is 0 Å². The van der Waals surface area contributed by atoms with Crippen LogP contribution in [0.3, 0.4) is 0 Å². The molecule has 0 bridgehead atoms. The van der Waals surface area contributed by atoms with Crippen LogP contribution in [0.4, 0.5) is 5.82 Å². The standard InChI is InChI=1S/C21H25N5O/c1-2-21(6-7-21)27-16-4-3-14-11-23-20(17(14)9-16)18-10-19(25-13-24-18)26-8-5-15(22)12-26/h3-4,9-10,13,15H,2,5-8,11-12,22H2,1H3/t15-/m0/s1. The third-order valence-corrected chi connectivity index (χ3v) is 5.97. The Morgan fingerprint density at radius 2 is 2.15 bits per heavy atom. The molecule has 140 valence electrons. The summed E-state index contributed by atoms with van der Waals surface area (Å²) in [6.07, 6.45) is 5.98. The minimum Gasteiger partial charge on any atom is -0.487 e. The molecule has 6 nitrogen and oxygen atoms in total. The molecular weight excluding hydrogens is 338 g/mol. The number of ether oxygens (including phenoxy) is 1. The Bertz CT molecular complexity index is 905. The molecule has 2 fully saturated rings. The Hall–Kier alpha value is -2.47. The van der Waals surface area contributed by atoms with E-state index in [0.29, 0.717) is 6.54 Å². The van der Waals surface area contributed by atoms with E-state index in [9.17, 15) is 0 Å². The summed E-state index contributed by atoms with van der Waals surface area (Å²) in [4.78, 5) is 15.9. The molecule has 3 heterocycles. The Kier molecular flexibility index (Phi) is 3.90. The third-order valence-electron chi connectivity index (χ3n) is 5.97. The van der Waals surface area contributed by atoms with E-state index in [1.54, 1.807) is 6.33 Å². The van der Waals surface area contributed by atoms with Gasteiger partial charge >= 0.3 is 0 Å². The van der Waals surface area contributed by atoms with E-state index in [1.165, 1.54) is 5.56 Å². The fraction of sp³-hybridized carbons (Fsp3) is 0.476. The van der Waals surface area contributed by atoms with E-state index in [-0.39, 0.29) is 11.6 Å². The van der Waals surface area contributed by atoms with Gasteiger partial charge in [0.25, 0.3) is 0 Å². The van der Waals surface area contributed by atoms with Crippen molar-refractivity contribution in [2.45, 2.75) is 50.8 Å². The van der Waals surface area contributed by atoms with Crippen LogP contribution in [-0.4, -0.2) is 40.4 Å². The maximum atomic E-state index is 6.28. The van der Waals surface area contributed by atoms with Crippen molar-refractivity contribution in [1.82, 2.24) is 9.97 Å². The minimum absolute atomic E-state index is 0.0563. The van der Waals surface area contributed by atoms with Crippen molar-refractivity contribution in [2.75, 3.05) is 18.0 Å². The van der Waals surface area contributed by atoms with E-state index in [2.05, 4.69) is 40.0 Å². The molecule has 2 N–H and O–H groups in total. The normalized spacial score (nSPS) is 22.5. The lowest BCUT2D eigenvalue weighted by Gasteiger charge is -2.18. The van der Waals surface area contributed by atoms with E-state index < -0.39 is 0 Å². The van der Waals surface area contributed by atoms with Gasteiger partial charge in [0.05, 0.1) is 18.0 Å². The van der Waals surface area contributed by atoms with E-state index in [4.69, 9.17) is 15.5 Å². The highest BCUT2D eigenvalue weighted by Crippen LogP contribution is 2.43. The maximum Gasteiger partial charge on any atom is 0.132 e. The topological polar surface area (TPSA) is 76.6 Å². The number of nitrogens with zero attached hydrogens (tertiary/aromatic N) is 4. The third kappa shape index (κ3) is 3.08. The minimum atomic E-state index is 0.0563. The smallest absolute Gasteiger partial charge is 0.132 e. The van der Waals surface area contributed by atoms with Crippen LogP contribution in [0.25, 0.3) is 0 Å². The van der Waals surface area contributed by atoms with Crippen molar-refractivity contribution < 1.29 is 4.74 Å². The number of anilines is 1. The molecule has 27 heavy (non-hydrogen) atoms. The van der Waals surface area contributed by atoms with Crippen LogP contribution in [0, 0.1) is 0 Å². The van der Waals surface area contributed by atoms with Crippen LogP contribution in [-0.2, 0) is 6.54 Å². The lowest BCUT2D eigenvalue weighted by Crippen LogP contribution is -2.27. The largest absolute Gasteiger partial charge is 0.487 e. The summed E-state index contributed by atoms with van der Waals surface area (Å²) in [5, 5.41) is 0. The summed E-state index contributed by atoms with van der Waals surface area (Å²) in [6.45, 7) is 4.67. The van der Waals surface area contributed by atoms with Crippen LogP contribution in [0.15, 0.2) is 35.6 Å². The van der Waals surface area contributed by atoms with E-state index >= 15 is 0 Å². The Morgan fingerprint density at radius 1 is 1.26 bits per heavy atom. The molecular formula is C21H25N5O. The number of hydrogen-bond donors (Lipinski definition) is 1. The first kappa shape index (κ1) is 16.7. The van der Waals surface area contributed by atoms with Gasteiger partial charge in [0.2, 0.25) is 0 Å². The Labute approximate surface area is 159 Å². The summed E-state index contributed by atoms with van der Waals surface area (Å²) in [7, 11) is 0. The van der Waals surface area contributed by atoms with Gasteiger partial charge in [-0.15, -0.1) is 0 Å². The van der Waals surface area contributed by atoms with Gasteiger partial charge in [-0.1, -0.05) is 13.0 Å². The Morgan fingerprint density at radius 3 is 2.89 bits per heavy atom. The van der Waals surface area contributed by atoms with Crippen molar-refractivity contribution in [3.05, 3.63) is 47.4 Å². The summed E-state index contributed by atoms with van der Waals surface area (Å²) < 4.78 is 6.28. The Balaban J connectivity index is 1.43. The molecule has 3 aliphatic rings. The lowest BCUT2D eigenvalue weighted by atomic mass is 10.0. The molecule has 1 aromatic heterocycles. The molecule has 2 aromatic rings. The average molecular weight is 363 g/mol. The van der Waals surface area contributed by atoms with Crippen molar-refractivity contribution in [3.8, 4) is 5.75 Å². The van der Waals surface area contributed by atoms with Crippen molar-refractivity contribution >= 4 is 11.5 Å². The fourth-order valence-electron chi connectivity index (χ4n) is 4.01. The molecule has 5 rings (SSSR count). The van der Waals surface area contributed by atoms with Crippen LogP contribution < -0.4 is 15.4 Å². The lowest BCUT2D eigenvalue weighted by molar-refractivity contribution is 0.174. The molecule has 1 aliphatic carbocycles. The molecule has 1 atom stereocenters. The first-order valence-corrected chi connectivity index (χ1v) is 9.85. The van der Waals surface area contributed by atoms with Gasteiger partial charge in [0.15, 0.2) is 0 Å². The molecule has 0 amide bonds. The zero-order valence-electron chi connectivity index (χ0n) is 15.7. The molecule has 0 spiro atoms. The van der Waals surface area contributed by atoms with Gasteiger partial charge < -0.3 is 15.4 Å². The second kappa shape index (κ2) is 6.30. The van der Waals surface area contributed by atoms with Crippen LogP contribution in [0.1, 0.15) is 49.4 Å². The summed E-state index contributed by atoms with van der Waals surface area (Å²) in [5.74, 6) is 1.86. The molecule has 1 saturated carbocycles. The zero-order chi connectivity index (χ0) is 18.4. The van der Waals surface area contributed by atoms with Gasteiger partial charge in [-0.3, -0.25) is 4.99 Å². The number of nitrogens with two attached hydrogens (primary N) is 1. The number of aliphatic imine (C=N–C) groups is 1. The second-order valence-corrected chi connectivity index (χ2v) is 7.88. The average Bonchev–Trinajstić information content (AvgIpc) is 3.12. The van der Waals surface area contributed by atoms with Crippen molar-refractivity contribution in [1.29, 1.82) is 0 Å². The van der Waals surface area contributed by atoms with E-state index in [1.807, 2.05) is 6.07 Å². The molecule has 6 heteroatoms. The summed E-state index contributed by atoms with van der Waals surface area (Å²) in [5.41, 5.74) is 10.3. The number of aromatic nitrogens is 2. The van der Waals surface area contributed by atoms with Gasteiger partial charge in [-0.2, -0.15) is 0 Å². The number of rotatable bonds is 5. The SMILES string of the molecule is CCC1(Oc2ccc3c(c2)C(c2cc(N4CC[C@H](N)C4)ncn2)=NC3)CC1. The van der Waals surface area contributed by atoms with E-state index in [0.717, 1.165) is 67.3 Å². The molecule has 1 saturated heterocycles. The molecule has 0 radical (unpaired) electrons. The highest BCUT2D eigenvalue weighted by molar-refractivity contribution is 6.14. The van der Waals surface area contributed by atoms with Crippen LogP contribution >= 0.6 is 0 Å². The predicted octanol–water partition coefficient (Wildman–Crippen LogP) is 2.69. The fourth-order valence-corrected chi connectivity index (χ4v) is 4.01. The zero-order valence-corrected chi connectivity index (χ0v) is 15.7. The number of benzene rings is 1. The summed E-state index contributed by atoms with van der Waals surface area (Å²) in [6, 6.07) is 8.60. The molecule has 2 aliphatic heterocycles. The van der Waals surface area contributed by atoms with Gasteiger partial charge in [0, 0.05) is 30.8 Å². The number of fused-ring (bicyclic) bond motifs is 1. The highest BCUT2D eigenvalue weighted by atomic mass is 16.5. The van der Waals surface area contributed by atoms with Crippen LogP contribution in [0.5, 0.6) is 5.75 Å². The maximum absolute atomic E-state index is 6.28. The number of hydrogen-bond acceptors (Lipinski definition) is 6. The molecule has 1 aromatic carbocycles. The second-order valence-electron chi connectivity index (χ2n) is 7.88. The summed E-state index contributed by atoms with van der Waals surface area (Å²) >= 11 is 0. The van der Waals surface area contributed by atoms with Crippen molar-refractivity contribution in [2.24, 2.45) is 10.7 Å². The van der Waals surface area contributed by atoms with Gasteiger partial charge in [-0.05, 0) is 43.4 Å². The highest BCUT2D eigenvalue weighted by Gasteiger charge is 2.43. The predicted molar refractivity (Wildman–Crippen MR) is 106 cm³/mol. The quantitative estimate of drug-likeness (QED) is 0.884. The monoisotopic (exact) mass is 363 g/mol. The molecule has 0 unspecified atom stereocenters. The first-order valence-electron chi connectivity index (χ1n) is 9.85. The van der Waals surface area contributed by atoms with Crippen molar-refractivity contribution in [3.63, 3.8) is 0 Å². The first-order chi connectivity index (χ1) is 13.2. The van der Waals surface area contributed by atoms with Gasteiger partial charge in [0.1, 0.15) is 23.5 Å². The van der Waals surface area contributed by atoms with Gasteiger partial charge in [-0.25, -0.2) is 9.97 Å².